The lowest BCUT2D eigenvalue weighted by molar-refractivity contribution is -0.923. The van der Waals surface area contributed by atoms with Gasteiger partial charge in [-0.15, -0.1) is 0 Å². The predicted octanol–water partition coefficient (Wildman–Crippen LogP) is 6.17. The summed E-state index contributed by atoms with van der Waals surface area (Å²) in [6, 6.07) is 0. The summed E-state index contributed by atoms with van der Waals surface area (Å²) >= 11 is 0. The van der Waals surface area contributed by atoms with Gasteiger partial charge >= 0.3 is 0 Å². The molecule has 0 atom stereocenters. The third kappa shape index (κ3) is 74.1. The SMILES string of the molecule is CCCCCCCCCCCCOCCOCCOCCOCCOCCOCCOCCOCCOCCOCCOCCOCCOCCOCCOCCOCCOCCOCCOCCOCCOCCOCCOCC[N+](CC)(CC)CC. The fourth-order valence-corrected chi connectivity index (χ4v) is 8.04. The maximum absolute atomic E-state index is 5.74. The van der Waals surface area contributed by atoms with Gasteiger partial charge in [-0.05, 0) is 27.2 Å². The van der Waals surface area contributed by atoms with Crippen molar-refractivity contribution in [2.45, 2.75) is 91.9 Å². The van der Waals surface area contributed by atoms with E-state index in [4.69, 9.17) is 109 Å². The summed E-state index contributed by atoms with van der Waals surface area (Å²) in [5.41, 5.74) is 0. The predicted molar refractivity (Wildman–Crippen MR) is 337 cm³/mol. The van der Waals surface area contributed by atoms with Gasteiger partial charge in [0.25, 0.3) is 0 Å². The van der Waals surface area contributed by atoms with Crippen molar-refractivity contribution < 1.29 is 113 Å². The van der Waals surface area contributed by atoms with E-state index in [0.29, 0.717) is 291 Å². The van der Waals surface area contributed by atoms with E-state index in [9.17, 15) is 0 Å². The van der Waals surface area contributed by atoms with Gasteiger partial charge < -0.3 is 113 Å². The lowest BCUT2D eigenvalue weighted by Crippen LogP contribution is -2.49. The van der Waals surface area contributed by atoms with Gasteiger partial charge in [0.05, 0.1) is 317 Å². The number of unbranched alkanes of at least 4 members (excludes halogenated alkanes) is 9. The van der Waals surface area contributed by atoms with Gasteiger partial charge in [-0.1, -0.05) is 64.7 Å². The molecule has 0 aromatic carbocycles. The normalized spacial score (nSPS) is 12.0. The Morgan fingerprint density at radius 1 is 0.136 bits per heavy atom. The summed E-state index contributed by atoms with van der Waals surface area (Å²) in [4.78, 5) is 0. The summed E-state index contributed by atoms with van der Waals surface area (Å²) in [6.07, 6.45) is 13.4. The van der Waals surface area contributed by atoms with Crippen LogP contribution >= 0.6 is 0 Å². The maximum Gasteiger partial charge on any atom is 0.102 e. The number of rotatable bonds is 83. The average molecular weight is 1280 g/mol. The molecule has 0 amide bonds. The maximum atomic E-state index is 5.74. The highest BCUT2D eigenvalue weighted by atomic mass is 16.6. The van der Waals surface area contributed by atoms with Crippen LogP contribution in [0.4, 0.5) is 0 Å². The van der Waals surface area contributed by atoms with Crippen molar-refractivity contribution in [3.63, 3.8) is 0 Å². The standard InChI is InChI=1S/C64H132NO23/c1-5-9-10-11-12-13-14-15-16-17-19-66-21-23-68-25-27-70-29-31-72-33-35-74-37-39-76-41-43-78-45-47-80-49-51-82-53-55-84-57-59-86-61-63-88-64-62-87-60-58-85-56-54-83-52-50-81-48-46-79-44-42-77-40-38-75-36-34-73-32-30-71-28-26-69-24-22-67-20-18-65(6-2,7-3)8-4/h5-64H2,1-4H3/q+1. The highest BCUT2D eigenvalue weighted by Crippen LogP contribution is 2.11. The molecule has 0 fully saturated rings. The number of hydrogen-bond donors (Lipinski definition) is 0. The molecule has 0 aliphatic rings. The molecular formula is C64H132NO23+. The van der Waals surface area contributed by atoms with Gasteiger partial charge in [0.15, 0.2) is 0 Å². The van der Waals surface area contributed by atoms with Crippen molar-refractivity contribution in [1.82, 2.24) is 0 Å². The van der Waals surface area contributed by atoms with Crippen LogP contribution in [0.3, 0.4) is 0 Å². The summed E-state index contributed by atoms with van der Waals surface area (Å²) in [7, 11) is 0. The molecule has 88 heavy (non-hydrogen) atoms. The van der Waals surface area contributed by atoms with Crippen molar-refractivity contribution in [2.24, 2.45) is 0 Å². The van der Waals surface area contributed by atoms with Crippen molar-refractivity contribution in [2.75, 3.05) is 330 Å². The summed E-state index contributed by atoms with van der Waals surface area (Å²) in [6.45, 7) is 37.7. The Morgan fingerprint density at radius 3 is 0.409 bits per heavy atom. The van der Waals surface area contributed by atoms with E-state index in [1.807, 2.05) is 0 Å². The highest BCUT2D eigenvalue weighted by Gasteiger charge is 2.19. The van der Waals surface area contributed by atoms with E-state index in [1.54, 1.807) is 0 Å². The first-order valence-electron chi connectivity index (χ1n) is 33.9. The van der Waals surface area contributed by atoms with E-state index in [-0.39, 0.29) is 0 Å². The van der Waals surface area contributed by atoms with E-state index in [1.165, 1.54) is 57.8 Å². The molecule has 24 heteroatoms. The number of hydrogen-bond acceptors (Lipinski definition) is 23. The summed E-state index contributed by atoms with van der Waals surface area (Å²) < 4.78 is 129. The lowest BCUT2D eigenvalue weighted by Gasteiger charge is -2.35. The van der Waals surface area contributed by atoms with Crippen molar-refractivity contribution in [3.8, 4) is 0 Å². The average Bonchev–Trinajstić information content (AvgIpc) is 3.59. The Morgan fingerprint density at radius 2 is 0.261 bits per heavy atom. The van der Waals surface area contributed by atoms with Crippen LogP contribution in [0.25, 0.3) is 0 Å². The van der Waals surface area contributed by atoms with E-state index >= 15 is 0 Å². The van der Waals surface area contributed by atoms with Gasteiger partial charge in [-0.2, -0.15) is 0 Å². The summed E-state index contributed by atoms with van der Waals surface area (Å²) in [5, 5.41) is 0. The van der Waals surface area contributed by atoms with Gasteiger partial charge in [-0.3, -0.25) is 0 Å². The number of likely N-dealkylation sites (N-methyl/N-ethyl adjacent to an activating group) is 1. The second-order valence-electron chi connectivity index (χ2n) is 20.3. The van der Waals surface area contributed by atoms with Crippen LogP contribution in [0, 0.1) is 0 Å². The second-order valence-corrected chi connectivity index (χ2v) is 20.3. The quantitative estimate of drug-likeness (QED) is 0.0492. The Labute approximate surface area is 533 Å². The third-order valence-electron chi connectivity index (χ3n) is 13.5. The minimum atomic E-state index is 0.490. The zero-order chi connectivity index (χ0) is 63.2. The van der Waals surface area contributed by atoms with Crippen LogP contribution in [0.1, 0.15) is 91.9 Å². The van der Waals surface area contributed by atoms with E-state index < -0.39 is 0 Å². The molecular weight excluding hydrogens is 1150 g/mol. The molecule has 0 radical (unpaired) electrons. The summed E-state index contributed by atoms with van der Waals surface area (Å²) in [5.74, 6) is 0. The molecule has 0 aliphatic heterocycles. The number of quaternary nitrogens is 1. The van der Waals surface area contributed by atoms with Crippen LogP contribution < -0.4 is 0 Å². The van der Waals surface area contributed by atoms with Gasteiger partial charge in [0.2, 0.25) is 0 Å². The van der Waals surface area contributed by atoms with Crippen LogP contribution in [0.2, 0.25) is 0 Å². The van der Waals surface area contributed by atoms with Gasteiger partial charge in [0, 0.05) is 6.61 Å². The lowest BCUT2D eigenvalue weighted by atomic mass is 10.1. The Balaban J connectivity index is 3.11. The first-order valence-corrected chi connectivity index (χ1v) is 33.9. The van der Waals surface area contributed by atoms with Crippen molar-refractivity contribution in [3.05, 3.63) is 0 Å². The molecule has 0 saturated heterocycles. The van der Waals surface area contributed by atoms with Gasteiger partial charge in [-0.25, -0.2) is 0 Å². The molecule has 0 heterocycles. The zero-order valence-electron chi connectivity index (χ0n) is 56.3. The van der Waals surface area contributed by atoms with Gasteiger partial charge in [0.1, 0.15) is 6.54 Å². The Bertz CT molecular complexity index is 1220. The molecule has 0 spiro atoms. The molecule has 0 aromatic heterocycles. The molecule has 24 nitrogen and oxygen atoms in total. The van der Waals surface area contributed by atoms with Crippen LogP contribution in [0.5, 0.6) is 0 Å². The van der Waals surface area contributed by atoms with Crippen molar-refractivity contribution >= 4 is 0 Å². The minimum Gasteiger partial charge on any atom is -0.379 e. The fourth-order valence-electron chi connectivity index (χ4n) is 8.04. The van der Waals surface area contributed by atoms with Crippen LogP contribution in [-0.2, 0) is 109 Å². The topological polar surface area (TPSA) is 212 Å². The molecule has 0 aliphatic carbocycles. The monoisotopic (exact) mass is 1280 g/mol. The molecule has 0 bridgehead atoms. The first-order chi connectivity index (χ1) is 43.7. The van der Waals surface area contributed by atoms with Crippen LogP contribution in [-0.4, -0.2) is 335 Å². The largest absolute Gasteiger partial charge is 0.379 e. The van der Waals surface area contributed by atoms with E-state index in [2.05, 4.69) is 27.7 Å². The molecule has 530 valence electrons. The third-order valence-corrected chi connectivity index (χ3v) is 13.5. The first kappa shape index (κ1) is 87.0. The molecule has 0 saturated carbocycles. The number of ether oxygens (including phenoxy) is 23. The molecule has 0 unspecified atom stereocenters. The Hall–Kier alpha value is -0.960. The molecule has 0 rings (SSSR count). The second kappa shape index (κ2) is 80.3. The minimum absolute atomic E-state index is 0.490. The number of nitrogens with zero attached hydrogens (tertiary/aromatic N) is 1. The van der Waals surface area contributed by atoms with Crippen LogP contribution in [0.15, 0.2) is 0 Å². The zero-order valence-corrected chi connectivity index (χ0v) is 56.3. The highest BCUT2D eigenvalue weighted by molar-refractivity contribution is 4.49. The molecule has 0 N–H and O–H groups in total. The fraction of sp³-hybridized carbons (Fsp3) is 1.00. The van der Waals surface area contributed by atoms with Crippen molar-refractivity contribution in [1.29, 1.82) is 0 Å². The molecule has 0 aromatic rings. The van der Waals surface area contributed by atoms with E-state index in [0.717, 1.165) is 50.3 Å². The Kier molecular flexibility index (Phi) is 79.4. The smallest absolute Gasteiger partial charge is 0.102 e.